The standard InChI is InChI=1S/C28H48.C6H13N.C2H4O/c1-8-11-24-12-10-13-25(15-16-26-19-21(5)18-23(26)7)27(9-2)22(6)14-17-28(24)20(3)4;1-5(2)4-6(5,3)7;1-2-3/h8,20-28H,1,9-13,15-16,18-19H2,2-7H3;4,7H2,1-3H3;2-3H,1H2. The minimum absolute atomic E-state index is 0.146. The summed E-state index contributed by atoms with van der Waals surface area (Å²) in [6, 6.07) is 0. The maximum atomic E-state index is 7.33. The van der Waals surface area contributed by atoms with Crippen molar-refractivity contribution in [1.29, 1.82) is 0 Å². The molecule has 0 radical (unpaired) electrons. The van der Waals surface area contributed by atoms with E-state index in [0.717, 1.165) is 42.3 Å². The SMILES string of the molecule is C=CCC1CCCC(CCC2CC(C)CC2C)C(CC)C(C)C#CC1C(C)C.C=CO.CC1(C)CC1(C)N. The molecule has 3 N–H and O–H groups in total. The lowest BCUT2D eigenvalue weighted by Crippen LogP contribution is -2.25. The van der Waals surface area contributed by atoms with Gasteiger partial charge in [0, 0.05) is 17.4 Å². The molecule has 38 heavy (non-hydrogen) atoms. The first-order chi connectivity index (χ1) is 17.7. The highest BCUT2D eigenvalue weighted by atomic mass is 16.2. The minimum atomic E-state index is 0.146. The Kier molecular flexibility index (Phi) is 14.8. The predicted octanol–water partition coefficient (Wildman–Crippen LogP) is 10.2. The summed E-state index contributed by atoms with van der Waals surface area (Å²) in [5, 5.41) is 7.33. The van der Waals surface area contributed by atoms with E-state index >= 15 is 0 Å². The van der Waals surface area contributed by atoms with Gasteiger partial charge >= 0.3 is 0 Å². The number of aliphatic hydroxyl groups excluding tert-OH is 1. The van der Waals surface area contributed by atoms with Gasteiger partial charge in [-0.05, 0) is 98.7 Å². The second kappa shape index (κ2) is 16.2. The lowest BCUT2D eigenvalue weighted by atomic mass is 9.71. The summed E-state index contributed by atoms with van der Waals surface area (Å²) in [7, 11) is 0. The molecule has 2 nitrogen and oxygen atoms in total. The molecule has 0 bridgehead atoms. The Hall–Kier alpha value is -1.20. The van der Waals surface area contributed by atoms with Gasteiger partial charge in [-0.2, -0.15) is 0 Å². The number of nitrogens with two attached hydrogens (primary N) is 1. The van der Waals surface area contributed by atoms with Crippen LogP contribution in [0.5, 0.6) is 0 Å². The van der Waals surface area contributed by atoms with E-state index in [1.165, 1.54) is 57.8 Å². The molecule has 3 rings (SSSR count). The summed E-state index contributed by atoms with van der Waals surface area (Å²) in [5.41, 5.74) is 6.31. The van der Waals surface area contributed by atoms with Crippen LogP contribution in [-0.2, 0) is 0 Å². The number of hydrogen-bond acceptors (Lipinski definition) is 2. The molecule has 0 aromatic carbocycles. The van der Waals surface area contributed by atoms with Crippen LogP contribution in [0, 0.1) is 70.5 Å². The van der Waals surface area contributed by atoms with E-state index in [0.29, 0.717) is 29.1 Å². The molecule has 9 atom stereocenters. The van der Waals surface area contributed by atoms with Gasteiger partial charge in [0.1, 0.15) is 0 Å². The lowest BCUT2D eigenvalue weighted by molar-refractivity contribution is 0.201. The smallest absolute Gasteiger partial charge is 0.0719 e. The number of rotatable bonds is 7. The van der Waals surface area contributed by atoms with Crippen LogP contribution >= 0.6 is 0 Å². The van der Waals surface area contributed by atoms with Gasteiger partial charge in [0.05, 0.1) is 6.26 Å². The molecule has 2 saturated carbocycles. The molecule has 3 aliphatic carbocycles. The van der Waals surface area contributed by atoms with E-state index in [2.05, 4.69) is 93.4 Å². The van der Waals surface area contributed by atoms with Gasteiger partial charge in [-0.1, -0.05) is 99.1 Å². The Morgan fingerprint density at radius 1 is 0.974 bits per heavy atom. The van der Waals surface area contributed by atoms with Gasteiger partial charge in [-0.15, -0.1) is 6.58 Å². The van der Waals surface area contributed by atoms with Crippen LogP contribution < -0.4 is 5.73 Å². The zero-order valence-electron chi connectivity index (χ0n) is 26.9. The van der Waals surface area contributed by atoms with Crippen molar-refractivity contribution in [3.63, 3.8) is 0 Å². The highest BCUT2D eigenvalue weighted by molar-refractivity contribution is 5.12. The van der Waals surface area contributed by atoms with Crippen molar-refractivity contribution in [3.8, 4) is 11.8 Å². The van der Waals surface area contributed by atoms with Gasteiger partial charge in [0.15, 0.2) is 0 Å². The normalized spacial score (nSPS) is 37.9. The fraction of sp³-hybridized carbons (Fsp3) is 0.833. The topological polar surface area (TPSA) is 46.2 Å². The van der Waals surface area contributed by atoms with Crippen molar-refractivity contribution in [2.45, 2.75) is 132 Å². The summed E-state index contributed by atoms with van der Waals surface area (Å²) < 4.78 is 0. The number of allylic oxidation sites excluding steroid dienone is 1. The second-order valence-corrected chi connectivity index (χ2v) is 14.4. The Morgan fingerprint density at radius 2 is 1.50 bits per heavy atom. The summed E-state index contributed by atoms with van der Waals surface area (Å²) >= 11 is 0. The molecule has 3 aliphatic rings. The molecule has 0 amide bonds. The summed E-state index contributed by atoms with van der Waals surface area (Å²) in [6.07, 6.45) is 16.4. The van der Waals surface area contributed by atoms with Crippen LogP contribution in [0.2, 0.25) is 0 Å². The van der Waals surface area contributed by atoms with Crippen LogP contribution in [0.15, 0.2) is 25.5 Å². The Balaban J connectivity index is 0.000000605. The lowest BCUT2D eigenvalue weighted by Gasteiger charge is -2.33. The van der Waals surface area contributed by atoms with Crippen molar-refractivity contribution in [1.82, 2.24) is 0 Å². The molecule has 2 heteroatoms. The molecule has 0 aromatic rings. The fourth-order valence-electron chi connectivity index (χ4n) is 7.51. The average Bonchev–Trinajstić information content (AvgIpc) is 3.10. The third-order valence-corrected chi connectivity index (χ3v) is 10.5. The Labute approximate surface area is 238 Å². The molecule has 0 saturated heterocycles. The van der Waals surface area contributed by atoms with Crippen LogP contribution in [0.3, 0.4) is 0 Å². The summed E-state index contributed by atoms with van der Waals surface area (Å²) in [5.74, 6) is 14.5. The van der Waals surface area contributed by atoms with E-state index in [-0.39, 0.29) is 5.54 Å². The molecular formula is C36H65NO. The molecule has 9 unspecified atom stereocenters. The van der Waals surface area contributed by atoms with Gasteiger partial charge in [-0.3, -0.25) is 0 Å². The largest absolute Gasteiger partial charge is 0.516 e. The van der Waals surface area contributed by atoms with Crippen molar-refractivity contribution >= 4 is 0 Å². The van der Waals surface area contributed by atoms with Crippen molar-refractivity contribution in [2.24, 2.45) is 64.4 Å². The summed E-state index contributed by atoms with van der Waals surface area (Å²) in [6.45, 7) is 27.9. The van der Waals surface area contributed by atoms with Crippen molar-refractivity contribution in [2.75, 3.05) is 0 Å². The third-order valence-electron chi connectivity index (χ3n) is 10.5. The van der Waals surface area contributed by atoms with E-state index in [9.17, 15) is 0 Å². The monoisotopic (exact) mass is 528 g/mol. The van der Waals surface area contributed by atoms with Crippen LogP contribution in [0.4, 0.5) is 0 Å². The van der Waals surface area contributed by atoms with E-state index < -0.39 is 0 Å². The molecule has 0 aliphatic heterocycles. The Bertz CT molecular complexity index is 741. The zero-order valence-corrected chi connectivity index (χ0v) is 26.9. The number of aliphatic hydroxyl groups is 1. The number of hydrogen-bond donors (Lipinski definition) is 2. The molecule has 2 fully saturated rings. The van der Waals surface area contributed by atoms with E-state index in [1.807, 2.05) is 0 Å². The van der Waals surface area contributed by atoms with Crippen molar-refractivity contribution in [3.05, 3.63) is 25.5 Å². The summed E-state index contributed by atoms with van der Waals surface area (Å²) in [4.78, 5) is 0. The first-order valence-electron chi connectivity index (χ1n) is 15.9. The van der Waals surface area contributed by atoms with Crippen molar-refractivity contribution < 1.29 is 5.11 Å². The highest BCUT2D eigenvalue weighted by Gasteiger charge is 2.54. The minimum Gasteiger partial charge on any atom is -0.516 e. The average molecular weight is 528 g/mol. The van der Waals surface area contributed by atoms with E-state index in [1.54, 1.807) is 0 Å². The quantitative estimate of drug-likeness (QED) is 0.196. The zero-order chi connectivity index (χ0) is 29.1. The highest BCUT2D eigenvalue weighted by Crippen LogP contribution is 2.52. The van der Waals surface area contributed by atoms with Gasteiger partial charge < -0.3 is 10.8 Å². The fourth-order valence-corrected chi connectivity index (χ4v) is 7.51. The Morgan fingerprint density at radius 3 is 1.92 bits per heavy atom. The molecule has 0 spiro atoms. The van der Waals surface area contributed by atoms with Gasteiger partial charge in [0.2, 0.25) is 0 Å². The molecule has 0 heterocycles. The molecule has 0 aromatic heterocycles. The first kappa shape index (κ1) is 34.8. The predicted molar refractivity (Wildman–Crippen MR) is 169 cm³/mol. The van der Waals surface area contributed by atoms with Crippen LogP contribution in [0.25, 0.3) is 0 Å². The second-order valence-electron chi connectivity index (χ2n) is 14.4. The van der Waals surface area contributed by atoms with Gasteiger partial charge in [0.25, 0.3) is 0 Å². The molecule has 220 valence electrons. The van der Waals surface area contributed by atoms with E-state index in [4.69, 9.17) is 10.8 Å². The third kappa shape index (κ3) is 10.8. The van der Waals surface area contributed by atoms with Crippen LogP contribution in [-0.4, -0.2) is 10.6 Å². The molecular weight excluding hydrogens is 462 g/mol. The van der Waals surface area contributed by atoms with Gasteiger partial charge in [-0.25, -0.2) is 0 Å². The maximum Gasteiger partial charge on any atom is 0.0719 e. The van der Waals surface area contributed by atoms with Crippen LogP contribution in [0.1, 0.15) is 127 Å². The first-order valence-corrected chi connectivity index (χ1v) is 15.9. The maximum absolute atomic E-state index is 7.33.